The lowest BCUT2D eigenvalue weighted by molar-refractivity contribution is -0.0334. The Balaban J connectivity index is -0.00000000111. The fraction of sp³-hybridized carbons (Fsp3) is 1.00. The molecule has 21 nitrogen and oxygen atoms in total. The van der Waals surface area contributed by atoms with Crippen LogP contribution in [0.15, 0.2) is 0 Å². The van der Waals surface area contributed by atoms with E-state index in [9.17, 15) is 0 Å². The minimum absolute atomic E-state index is 0. The molecular formula is C4H46O21. The Bertz CT molecular complexity index is 31.4. The summed E-state index contributed by atoms with van der Waals surface area (Å²) < 4.78 is 9.89. The van der Waals surface area contributed by atoms with Gasteiger partial charge in [0, 0.05) is 0 Å². The second-order valence-electron chi connectivity index (χ2n) is 1.22. The third kappa shape index (κ3) is 389. The largest absolute Gasteiger partial charge is 0.412 e. The van der Waals surface area contributed by atoms with Crippen LogP contribution >= 0.6 is 0 Å². The summed E-state index contributed by atoms with van der Waals surface area (Å²) in [5.74, 6) is 0. The molecule has 188 valence electrons. The quantitative estimate of drug-likeness (QED) is 0.361. The summed E-state index contributed by atoms with van der Waals surface area (Å²) in [4.78, 5) is 0. The van der Waals surface area contributed by atoms with Gasteiger partial charge in [0.1, 0.15) is 0 Å². The summed E-state index contributed by atoms with van der Waals surface area (Å²) in [6.45, 7) is 3.11. The molecule has 0 radical (unpaired) electrons. The molecule has 1 aliphatic rings. The van der Waals surface area contributed by atoms with Crippen LogP contribution in [0.3, 0.4) is 0 Å². The Hall–Kier alpha value is -0.840. The molecule has 0 aromatic rings. The van der Waals surface area contributed by atoms with Gasteiger partial charge < -0.3 is 114 Å². The highest BCUT2D eigenvalue weighted by Crippen LogP contribution is 1.85. The van der Waals surface area contributed by atoms with Gasteiger partial charge in [-0.2, -0.15) is 0 Å². The van der Waals surface area contributed by atoms with Gasteiger partial charge in [0.25, 0.3) is 0 Å². The van der Waals surface area contributed by atoms with Crippen LogP contribution in [0.25, 0.3) is 0 Å². The topological polar surface area (TPSA) is 617 Å². The highest BCUT2D eigenvalue weighted by atomic mass is 16.6. The first-order valence-electron chi connectivity index (χ1n) is 2.15. The van der Waals surface area contributed by atoms with Gasteiger partial charge in [0.2, 0.25) is 0 Å². The molecule has 1 heterocycles. The Morgan fingerprint density at radius 1 is 0.200 bits per heavy atom. The lowest BCUT2D eigenvalue weighted by Crippen LogP contribution is -2.16. The summed E-state index contributed by atoms with van der Waals surface area (Å²) >= 11 is 0. The van der Waals surface area contributed by atoms with Crippen LogP contribution in [-0.4, -0.2) is 130 Å². The van der Waals surface area contributed by atoms with Crippen LogP contribution < -0.4 is 0 Å². The molecule has 1 aliphatic heterocycles. The highest BCUT2D eigenvalue weighted by molar-refractivity contribution is 4.37. The zero-order chi connectivity index (χ0) is 4.24. The molecule has 0 unspecified atom stereocenters. The maximum absolute atomic E-state index is 4.94. The van der Waals surface area contributed by atoms with Crippen molar-refractivity contribution >= 4 is 0 Å². The number of ether oxygens (including phenoxy) is 2. The van der Waals surface area contributed by atoms with Gasteiger partial charge in [-0.25, -0.2) is 0 Å². The minimum Gasteiger partial charge on any atom is -0.412 e. The van der Waals surface area contributed by atoms with Gasteiger partial charge in [0.15, 0.2) is 0 Å². The highest BCUT2D eigenvalue weighted by Gasteiger charge is 1.94. The van der Waals surface area contributed by atoms with Crippen molar-refractivity contribution in [1.29, 1.82) is 0 Å². The Morgan fingerprint density at radius 2 is 0.280 bits per heavy atom. The van der Waals surface area contributed by atoms with E-state index in [1.54, 1.807) is 0 Å². The Morgan fingerprint density at radius 3 is 0.320 bits per heavy atom. The van der Waals surface area contributed by atoms with Crippen molar-refractivity contribution in [3.05, 3.63) is 0 Å². The van der Waals surface area contributed by atoms with E-state index in [1.807, 2.05) is 0 Å². The van der Waals surface area contributed by atoms with Crippen molar-refractivity contribution in [2.24, 2.45) is 0 Å². The molecule has 1 rings (SSSR count). The monoisotopic (exact) mass is 430 g/mol. The molecule has 0 atom stereocenters. The molecule has 25 heavy (non-hydrogen) atoms. The number of hydrogen-bond donors (Lipinski definition) is 0. The summed E-state index contributed by atoms with van der Waals surface area (Å²) in [6.07, 6.45) is 0. The van der Waals surface area contributed by atoms with Gasteiger partial charge in [-0.3, -0.25) is 0 Å². The van der Waals surface area contributed by atoms with Crippen LogP contribution in [0.2, 0.25) is 0 Å². The van der Waals surface area contributed by atoms with Crippen LogP contribution in [0.5, 0.6) is 0 Å². The molecule has 21 heteroatoms. The van der Waals surface area contributed by atoms with Crippen LogP contribution in [0.4, 0.5) is 0 Å². The molecule has 1 fully saturated rings. The van der Waals surface area contributed by atoms with E-state index in [0.717, 1.165) is 26.4 Å². The molecule has 0 aliphatic carbocycles. The summed E-state index contributed by atoms with van der Waals surface area (Å²) in [5, 5.41) is 0. The van der Waals surface area contributed by atoms with E-state index in [-0.39, 0.29) is 104 Å². The number of rotatable bonds is 0. The van der Waals surface area contributed by atoms with Gasteiger partial charge in [-0.1, -0.05) is 0 Å². The number of hydrogen-bond acceptors (Lipinski definition) is 2. The first-order valence-corrected chi connectivity index (χ1v) is 2.15. The van der Waals surface area contributed by atoms with E-state index >= 15 is 0 Å². The summed E-state index contributed by atoms with van der Waals surface area (Å²) in [6, 6.07) is 0. The first kappa shape index (κ1) is 487. The van der Waals surface area contributed by atoms with E-state index in [4.69, 9.17) is 9.47 Å². The van der Waals surface area contributed by atoms with Gasteiger partial charge in [0.05, 0.1) is 26.4 Å². The van der Waals surface area contributed by atoms with Crippen molar-refractivity contribution < 1.29 is 114 Å². The molecule has 38 N–H and O–H groups in total. The maximum atomic E-state index is 4.94. The maximum Gasteiger partial charge on any atom is 0.0701 e. The van der Waals surface area contributed by atoms with Crippen LogP contribution in [0.1, 0.15) is 0 Å². The van der Waals surface area contributed by atoms with E-state index < -0.39 is 0 Å². The molecule has 0 spiro atoms. The third-order valence-electron chi connectivity index (χ3n) is 0.744. The van der Waals surface area contributed by atoms with Crippen molar-refractivity contribution in [3.8, 4) is 0 Å². The van der Waals surface area contributed by atoms with Crippen molar-refractivity contribution in [3.63, 3.8) is 0 Å². The van der Waals surface area contributed by atoms with E-state index in [1.165, 1.54) is 0 Å². The fourth-order valence-electron chi connectivity index (χ4n) is 0.440. The summed E-state index contributed by atoms with van der Waals surface area (Å²) in [7, 11) is 0. The molecule has 0 amide bonds. The average molecular weight is 430 g/mol. The molecular weight excluding hydrogens is 384 g/mol. The Kier molecular flexibility index (Phi) is 8320. The standard InChI is InChI=1S/C4H8O2.19H2O/c1-2-6-4-3-5-1;;;;;;;;;;;;;;;;;;;/h1-4H2;19*1H2. The molecule has 0 aromatic heterocycles. The smallest absolute Gasteiger partial charge is 0.0701 e. The molecule has 0 aromatic carbocycles. The lowest BCUT2D eigenvalue weighted by atomic mass is 10.6. The second-order valence-corrected chi connectivity index (χ2v) is 1.22. The van der Waals surface area contributed by atoms with Crippen molar-refractivity contribution in [2.75, 3.05) is 26.4 Å². The fourth-order valence-corrected chi connectivity index (χ4v) is 0.440. The molecule has 1 saturated heterocycles. The van der Waals surface area contributed by atoms with Crippen molar-refractivity contribution in [2.45, 2.75) is 0 Å². The predicted molar refractivity (Wildman–Crippen MR) is 90.3 cm³/mol. The molecule has 0 bridgehead atoms. The first-order chi connectivity index (χ1) is 3.00. The van der Waals surface area contributed by atoms with E-state index in [0.29, 0.717) is 0 Å². The third-order valence-corrected chi connectivity index (χ3v) is 0.744. The van der Waals surface area contributed by atoms with Gasteiger partial charge in [-0.05, 0) is 0 Å². The van der Waals surface area contributed by atoms with Crippen LogP contribution in [0, 0.1) is 0 Å². The average Bonchev–Trinajstić information content (AvgIpc) is 1.72. The lowest BCUT2D eigenvalue weighted by Gasteiger charge is -2.09. The van der Waals surface area contributed by atoms with E-state index in [2.05, 4.69) is 0 Å². The zero-order valence-corrected chi connectivity index (χ0v) is 13.1. The van der Waals surface area contributed by atoms with Gasteiger partial charge in [-0.15, -0.1) is 0 Å². The molecule has 0 saturated carbocycles. The van der Waals surface area contributed by atoms with Crippen LogP contribution in [-0.2, 0) is 9.47 Å². The normalized spacial score (nSPS) is 5.76. The van der Waals surface area contributed by atoms with Gasteiger partial charge >= 0.3 is 0 Å². The minimum atomic E-state index is 0. The Labute approximate surface area is 141 Å². The second kappa shape index (κ2) is 427. The summed E-state index contributed by atoms with van der Waals surface area (Å²) in [5.41, 5.74) is 0. The zero-order valence-electron chi connectivity index (χ0n) is 13.1. The SMILES string of the molecule is C1COCCO1.O.O.O.O.O.O.O.O.O.O.O.O.O.O.O.O.O.O.O. The predicted octanol–water partition coefficient (Wildman–Crippen LogP) is -15.6. The van der Waals surface area contributed by atoms with Crippen molar-refractivity contribution in [1.82, 2.24) is 0 Å².